The molecule has 4 nitrogen and oxygen atoms in total. The van der Waals surface area contributed by atoms with Crippen molar-refractivity contribution in [1.82, 2.24) is 9.55 Å². The Morgan fingerprint density at radius 2 is 1.91 bits per heavy atom. The number of rotatable bonds is 9. The quantitative estimate of drug-likeness (QED) is 0.640. The molecule has 0 spiro atoms. The largest absolute Gasteiger partial charge is 0.394 e. The van der Waals surface area contributed by atoms with Crippen LogP contribution in [0.3, 0.4) is 0 Å². The molecule has 0 amide bonds. The molecule has 22 heavy (non-hydrogen) atoms. The summed E-state index contributed by atoms with van der Waals surface area (Å²) >= 11 is 1.91. The number of imidazole rings is 1. The van der Waals surface area contributed by atoms with Crippen LogP contribution in [0, 0.1) is 0 Å². The first-order valence-corrected chi connectivity index (χ1v) is 11.4. The van der Waals surface area contributed by atoms with Crippen molar-refractivity contribution < 1.29 is 8.85 Å². The van der Waals surface area contributed by atoms with Gasteiger partial charge in [-0.15, -0.1) is 11.8 Å². The molecule has 1 atom stereocenters. The lowest BCUT2D eigenvalue weighted by Crippen LogP contribution is -2.43. The molecule has 0 aliphatic carbocycles. The van der Waals surface area contributed by atoms with Crippen molar-refractivity contribution in [2.75, 3.05) is 19.0 Å². The van der Waals surface area contributed by atoms with Gasteiger partial charge < -0.3 is 13.4 Å². The van der Waals surface area contributed by atoms with Crippen LogP contribution < -0.4 is 0 Å². The molecule has 1 aromatic carbocycles. The van der Waals surface area contributed by atoms with E-state index in [4.69, 9.17) is 8.85 Å². The molecule has 0 N–H and O–H groups in total. The number of hydrogen-bond donors (Lipinski definition) is 0. The highest BCUT2D eigenvalue weighted by atomic mass is 32.2. The molecule has 1 unspecified atom stereocenters. The molecule has 2 aromatic rings. The van der Waals surface area contributed by atoms with Crippen LogP contribution >= 0.6 is 11.8 Å². The first-order chi connectivity index (χ1) is 10.6. The maximum absolute atomic E-state index is 5.97. The average molecular weight is 339 g/mol. The highest BCUT2D eigenvalue weighted by Crippen LogP contribution is 2.28. The Bertz CT molecular complexity index is 584. The summed E-state index contributed by atoms with van der Waals surface area (Å²) in [5, 5.41) is 0. The summed E-state index contributed by atoms with van der Waals surface area (Å²) < 4.78 is 14.1. The van der Waals surface area contributed by atoms with E-state index < -0.39 is 8.56 Å². The zero-order valence-corrected chi connectivity index (χ0v) is 15.7. The van der Waals surface area contributed by atoms with Crippen LogP contribution in [0.4, 0.5) is 0 Å². The smallest absolute Gasteiger partial charge is 0.338 e. The van der Waals surface area contributed by atoms with Crippen LogP contribution in [0.2, 0.25) is 12.1 Å². The zero-order chi connectivity index (χ0) is 16.0. The Kier molecular flexibility index (Phi) is 6.49. The van der Waals surface area contributed by atoms with Gasteiger partial charge in [0, 0.05) is 18.8 Å². The van der Waals surface area contributed by atoms with Crippen LogP contribution in [0.25, 0.3) is 11.0 Å². The number of thioether (sulfide) groups is 1. The molecule has 0 aliphatic heterocycles. The van der Waals surface area contributed by atoms with Crippen LogP contribution in [-0.4, -0.2) is 37.1 Å². The van der Waals surface area contributed by atoms with Gasteiger partial charge >= 0.3 is 8.56 Å². The molecule has 0 saturated carbocycles. The summed E-state index contributed by atoms with van der Waals surface area (Å²) in [7, 11) is -2.07. The summed E-state index contributed by atoms with van der Waals surface area (Å²) in [6.45, 7) is 9.96. The van der Waals surface area contributed by atoms with E-state index in [0.29, 0.717) is 5.54 Å². The molecule has 0 fully saturated rings. The number of aromatic nitrogens is 2. The lowest BCUT2D eigenvalue weighted by Gasteiger charge is -2.31. The second-order valence-electron chi connectivity index (χ2n) is 5.49. The van der Waals surface area contributed by atoms with Gasteiger partial charge in [-0.2, -0.15) is 0 Å². The summed E-state index contributed by atoms with van der Waals surface area (Å²) in [5.74, 6) is 1.95. The molecule has 0 aliphatic rings. The van der Waals surface area contributed by atoms with E-state index in [2.05, 4.69) is 35.2 Å². The SMILES string of the molecule is CCO[Si](C)(OCC)C(C)CSCn1cnc2ccccc21. The van der Waals surface area contributed by atoms with Gasteiger partial charge in [0.15, 0.2) is 0 Å². The van der Waals surface area contributed by atoms with Crippen molar-refractivity contribution in [3.05, 3.63) is 30.6 Å². The maximum Gasteiger partial charge on any atom is 0.338 e. The van der Waals surface area contributed by atoms with Gasteiger partial charge in [-0.3, -0.25) is 0 Å². The Balaban J connectivity index is 1.92. The molecule has 1 heterocycles. The second kappa shape index (κ2) is 8.15. The fourth-order valence-electron chi connectivity index (χ4n) is 2.49. The van der Waals surface area contributed by atoms with Gasteiger partial charge in [-0.25, -0.2) is 4.98 Å². The molecule has 0 saturated heterocycles. The van der Waals surface area contributed by atoms with Crippen LogP contribution in [0.5, 0.6) is 0 Å². The number of hydrogen-bond acceptors (Lipinski definition) is 4. The van der Waals surface area contributed by atoms with Crippen LogP contribution in [0.15, 0.2) is 30.6 Å². The fraction of sp³-hybridized carbons (Fsp3) is 0.562. The molecule has 0 radical (unpaired) electrons. The van der Waals surface area contributed by atoms with Gasteiger partial charge in [-0.05, 0) is 38.3 Å². The Morgan fingerprint density at radius 1 is 1.23 bits per heavy atom. The molecular weight excluding hydrogens is 312 g/mol. The van der Waals surface area contributed by atoms with Crippen molar-refractivity contribution >= 4 is 31.4 Å². The molecule has 6 heteroatoms. The minimum absolute atomic E-state index is 0.451. The minimum atomic E-state index is -2.07. The number of fused-ring (bicyclic) bond motifs is 1. The van der Waals surface area contributed by atoms with Gasteiger partial charge in [0.1, 0.15) is 0 Å². The molecule has 2 rings (SSSR count). The van der Waals surface area contributed by atoms with Crippen molar-refractivity contribution in [2.24, 2.45) is 0 Å². The summed E-state index contributed by atoms with van der Waals surface area (Å²) in [4.78, 5) is 4.43. The topological polar surface area (TPSA) is 36.3 Å². The minimum Gasteiger partial charge on any atom is -0.394 e. The summed E-state index contributed by atoms with van der Waals surface area (Å²) in [6, 6.07) is 8.25. The van der Waals surface area contributed by atoms with Gasteiger partial charge in [0.25, 0.3) is 0 Å². The number of para-hydroxylation sites is 2. The monoisotopic (exact) mass is 338 g/mol. The van der Waals surface area contributed by atoms with Crippen LogP contribution in [0.1, 0.15) is 20.8 Å². The predicted molar refractivity (Wildman–Crippen MR) is 96.5 cm³/mol. The van der Waals surface area contributed by atoms with Crippen LogP contribution in [-0.2, 0) is 14.7 Å². The Hall–Kier alpha value is -0.823. The van der Waals surface area contributed by atoms with Crippen molar-refractivity contribution in [3.63, 3.8) is 0 Å². The fourth-order valence-corrected chi connectivity index (χ4v) is 6.72. The zero-order valence-electron chi connectivity index (χ0n) is 13.9. The standard InChI is InChI=1S/C16H26N2O2SSi/c1-5-19-22(4,20-6-2)14(3)11-21-13-18-12-17-15-9-7-8-10-16(15)18/h7-10,12,14H,5-6,11,13H2,1-4H3. The predicted octanol–water partition coefficient (Wildman–Crippen LogP) is 4.26. The van der Waals surface area contributed by atoms with E-state index in [1.165, 1.54) is 5.52 Å². The maximum atomic E-state index is 5.97. The average Bonchev–Trinajstić information content (AvgIpc) is 2.91. The van der Waals surface area contributed by atoms with Crippen molar-refractivity contribution in [2.45, 2.75) is 38.7 Å². The molecule has 0 bridgehead atoms. The third-order valence-corrected chi connectivity index (χ3v) is 9.09. The Morgan fingerprint density at radius 3 is 2.59 bits per heavy atom. The van der Waals surface area contributed by atoms with E-state index in [0.717, 1.165) is 30.4 Å². The van der Waals surface area contributed by atoms with E-state index >= 15 is 0 Å². The van der Waals surface area contributed by atoms with Crippen molar-refractivity contribution in [3.8, 4) is 0 Å². The number of benzene rings is 1. The molecule has 1 aromatic heterocycles. The third kappa shape index (κ3) is 4.13. The molecular formula is C16H26N2O2SSi. The number of nitrogens with zero attached hydrogens (tertiary/aromatic N) is 2. The van der Waals surface area contributed by atoms with E-state index in [1.807, 2.05) is 44.1 Å². The van der Waals surface area contributed by atoms with E-state index in [-0.39, 0.29) is 0 Å². The summed E-state index contributed by atoms with van der Waals surface area (Å²) in [5.41, 5.74) is 2.70. The van der Waals surface area contributed by atoms with Gasteiger partial charge in [0.2, 0.25) is 0 Å². The summed E-state index contributed by atoms with van der Waals surface area (Å²) in [6.07, 6.45) is 1.92. The lowest BCUT2D eigenvalue weighted by molar-refractivity contribution is 0.182. The lowest BCUT2D eigenvalue weighted by atomic mass is 10.3. The van der Waals surface area contributed by atoms with E-state index in [9.17, 15) is 0 Å². The highest BCUT2D eigenvalue weighted by molar-refractivity contribution is 7.98. The van der Waals surface area contributed by atoms with Gasteiger partial charge in [-0.1, -0.05) is 19.1 Å². The van der Waals surface area contributed by atoms with Gasteiger partial charge in [0.05, 0.1) is 23.2 Å². The first-order valence-electron chi connectivity index (χ1n) is 7.86. The Labute approximate surface area is 138 Å². The highest BCUT2D eigenvalue weighted by Gasteiger charge is 2.37. The van der Waals surface area contributed by atoms with E-state index in [1.54, 1.807) is 0 Å². The van der Waals surface area contributed by atoms with Crippen molar-refractivity contribution in [1.29, 1.82) is 0 Å². The second-order valence-corrected chi connectivity index (χ2v) is 10.1. The normalized spacial score (nSPS) is 13.6. The first kappa shape index (κ1) is 17.5. The third-order valence-electron chi connectivity index (χ3n) is 3.88. The molecule has 122 valence electrons.